The lowest BCUT2D eigenvalue weighted by atomic mass is 10.1. The predicted molar refractivity (Wildman–Crippen MR) is 51.1 cm³/mol. The predicted octanol–water partition coefficient (Wildman–Crippen LogP) is 0.285. The average molecular weight is 186 g/mol. The van der Waals surface area contributed by atoms with Crippen LogP contribution in [0, 0.1) is 5.92 Å². The van der Waals surface area contributed by atoms with Crippen molar-refractivity contribution in [2.75, 3.05) is 13.6 Å². The number of amides is 2. The number of hydrogen-bond acceptors (Lipinski definition) is 2. The van der Waals surface area contributed by atoms with Crippen molar-refractivity contribution in [2.45, 2.75) is 26.7 Å². The van der Waals surface area contributed by atoms with Gasteiger partial charge >= 0.3 is 0 Å². The molecule has 0 spiro atoms. The first-order valence-electron chi connectivity index (χ1n) is 4.60. The minimum atomic E-state index is -0.248. The van der Waals surface area contributed by atoms with Crippen LogP contribution in [0.25, 0.3) is 0 Å². The highest BCUT2D eigenvalue weighted by molar-refractivity contribution is 5.85. The smallest absolute Gasteiger partial charge is 0.223 e. The van der Waals surface area contributed by atoms with Crippen molar-refractivity contribution < 1.29 is 9.59 Å². The summed E-state index contributed by atoms with van der Waals surface area (Å²) in [6.45, 7) is 4.41. The third-order valence-electron chi connectivity index (χ3n) is 1.76. The second kappa shape index (κ2) is 6.46. The van der Waals surface area contributed by atoms with E-state index < -0.39 is 0 Å². The molecule has 2 N–H and O–H groups in total. The topological polar surface area (TPSA) is 58.2 Å². The Bertz CT molecular complexity index is 180. The zero-order valence-electron chi connectivity index (χ0n) is 8.52. The minimum absolute atomic E-state index is 0.0575. The molecule has 2 amide bonds. The van der Waals surface area contributed by atoms with Gasteiger partial charge in [-0.05, 0) is 6.42 Å². The van der Waals surface area contributed by atoms with E-state index >= 15 is 0 Å². The molecule has 0 aliphatic rings. The third-order valence-corrected chi connectivity index (χ3v) is 1.76. The number of hydrogen-bond donors (Lipinski definition) is 2. The molecule has 76 valence electrons. The van der Waals surface area contributed by atoms with Crippen LogP contribution in [-0.4, -0.2) is 25.4 Å². The molecule has 0 saturated heterocycles. The molecule has 0 aliphatic heterocycles. The maximum absolute atomic E-state index is 11.1. The molecule has 0 aliphatic carbocycles. The lowest BCUT2D eigenvalue weighted by Crippen LogP contribution is -2.32. The van der Waals surface area contributed by atoms with E-state index in [1.807, 2.05) is 6.92 Å². The van der Waals surface area contributed by atoms with Crippen molar-refractivity contribution in [3.8, 4) is 0 Å². The highest BCUT2D eigenvalue weighted by atomic mass is 16.2. The maximum atomic E-state index is 11.1. The highest BCUT2D eigenvalue weighted by Gasteiger charge is 2.14. The Balaban J connectivity index is 3.71. The Morgan fingerprint density at radius 1 is 1.38 bits per heavy atom. The monoisotopic (exact) mass is 186 g/mol. The molecule has 0 aromatic carbocycles. The summed E-state index contributed by atoms with van der Waals surface area (Å²) in [5, 5.41) is 5.23. The summed E-state index contributed by atoms with van der Waals surface area (Å²) < 4.78 is 0. The Labute approximate surface area is 79.1 Å². The SMILES string of the molecule is CCCNC(=O)CC(C)C(=O)NC. The van der Waals surface area contributed by atoms with Crippen molar-refractivity contribution in [1.82, 2.24) is 10.6 Å². The van der Waals surface area contributed by atoms with E-state index in [9.17, 15) is 9.59 Å². The number of rotatable bonds is 5. The fraction of sp³-hybridized carbons (Fsp3) is 0.778. The molecule has 4 heteroatoms. The molecule has 0 bridgehead atoms. The third kappa shape index (κ3) is 5.22. The molecule has 13 heavy (non-hydrogen) atoms. The summed E-state index contributed by atoms with van der Waals surface area (Å²) in [4.78, 5) is 22.2. The van der Waals surface area contributed by atoms with Gasteiger partial charge in [-0.25, -0.2) is 0 Å². The quantitative estimate of drug-likeness (QED) is 0.648. The standard InChI is InChI=1S/C9H18N2O2/c1-4-5-11-8(12)6-7(2)9(13)10-3/h7H,4-6H2,1-3H3,(H,10,13)(H,11,12). The lowest BCUT2D eigenvalue weighted by Gasteiger charge is -2.09. The van der Waals surface area contributed by atoms with E-state index in [2.05, 4.69) is 10.6 Å². The minimum Gasteiger partial charge on any atom is -0.359 e. The summed E-state index contributed by atoms with van der Waals surface area (Å²) >= 11 is 0. The van der Waals surface area contributed by atoms with Crippen LogP contribution in [0.3, 0.4) is 0 Å². The van der Waals surface area contributed by atoms with Gasteiger partial charge in [0.25, 0.3) is 0 Å². The van der Waals surface area contributed by atoms with Crippen molar-refractivity contribution in [3.63, 3.8) is 0 Å². The van der Waals surface area contributed by atoms with Gasteiger partial charge in [0.15, 0.2) is 0 Å². The molecular weight excluding hydrogens is 168 g/mol. The van der Waals surface area contributed by atoms with E-state index in [0.29, 0.717) is 6.54 Å². The summed E-state index contributed by atoms with van der Waals surface area (Å²) in [5.74, 6) is -0.397. The summed E-state index contributed by atoms with van der Waals surface area (Å²) in [6.07, 6.45) is 1.18. The van der Waals surface area contributed by atoms with Gasteiger partial charge in [-0.1, -0.05) is 13.8 Å². The van der Waals surface area contributed by atoms with Crippen molar-refractivity contribution in [2.24, 2.45) is 5.92 Å². The van der Waals surface area contributed by atoms with Crippen LogP contribution in [0.4, 0.5) is 0 Å². The molecule has 0 aromatic rings. The zero-order valence-corrected chi connectivity index (χ0v) is 8.52. The Morgan fingerprint density at radius 3 is 2.46 bits per heavy atom. The molecule has 0 aromatic heterocycles. The van der Waals surface area contributed by atoms with E-state index in [4.69, 9.17) is 0 Å². The summed E-state index contributed by atoms with van der Waals surface area (Å²) in [7, 11) is 1.57. The molecule has 1 atom stereocenters. The highest BCUT2D eigenvalue weighted by Crippen LogP contribution is 2.00. The van der Waals surface area contributed by atoms with E-state index in [0.717, 1.165) is 6.42 Å². The number of carbonyl (C=O) groups excluding carboxylic acids is 2. The van der Waals surface area contributed by atoms with Crippen molar-refractivity contribution >= 4 is 11.8 Å². The summed E-state index contributed by atoms with van der Waals surface area (Å²) in [6, 6.07) is 0. The Hall–Kier alpha value is -1.06. The average Bonchev–Trinajstić information content (AvgIpc) is 2.13. The van der Waals surface area contributed by atoms with Gasteiger partial charge in [-0.3, -0.25) is 9.59 Å². The van der Waals surface area contributed by atoms with Crippen molar-refractivity contribution in [1.29, 1.82) is 0 Å². The van der Waals surface area contributed by atoms with Crippen LogP contribution < -0.4 is 10.6 Å². The summed E-state index contributed by atoms with van der Waals surface area (Å²) in [5.41, 5.74) is 0. The van der Waals surface area contributed by atoms with Crippen molar-refractivity contribution in [3.05, 3.63) is 0 Å². The van der Waals surface area contributed by atoms with Crippen LogP contribution in [0.2, 0.25) is 0 Å². The molecule has 0 saturated carbocycles. The van der Waals surface area contributed by atoms with Crippen LogP contribution in [-0.2, 0) is 9.59 Å². The molecule has 4 nitrogen and oxygen atoms in total. The first kappa shape index (κ1) is 11.9. The van der Waals surface area contributed by atoms with E-state index in [1.165, 1.54) is 0 Å². The van der Waals surface area contributed by atoms with Crippen LogP contribution >= 0.6 is 0 Å². The lowest BCUT2D eigenvalue weighted by molar-refractivity contribution is -0.129. The Morgan fingerprint density at radius 2 is 2.00 bits per heavy atom. The largest absolute Gasteiger partial charge is 0.359 e. The van der Waals surface area contributed by atoms with Gasteiger partial charge in [-0.2, -0.15) is 0 Å². The van der Waals surface area contributed by atoms with E-state index in [-0.39, 0.29) is 24.2 Å². The number of nitrogens with one attached hydrogen (secondary N) is 2. The molecule has 1 unspecified atom stereocenters. The van der Waals surface area contributed by atoms with Gasteiger partial charge < -0.3 is 10.6 Å². The van der Waals surface area contributed by atoms with Crippen LogP contribution in [0.15, 0.2) is 0 Å². The first-order chi connectivity index (χ1) is 6.11. The fourth-order valence-electron chi connectivity index (χ4n) is 0.954. The Kier molecular flexibility index (Phi) is 5.93. The molecule has 0 fully saturated rings. The fourth-order valence-corrected chi connectivity index (χ4v) is 0.954. The molecule has 0 heterocycles. The first-order valence-corrected chi connectivity index (χ1v) is 4.60. The second-order valence-electron chi connectivity index (χ2n) is 3.07. The van der Waals surface area contributed by atoms with Gasteiger partial charge in [0.05, 0.1) is 0 Å². The van der Waals surface area contributed by atoms with Gasteiger partial charge in [0, 0.05) is 25.9 Å². The molecule has 0 radical (unpaired) electrons. The maximum Gasteiger partial charge on any atom is 0.223 e. The van der Waals surface area contributed by atoms with Gasteiger partial charge in [0.1, 0.15) is 0 Å². The molecule has 0 rings (SSSR count). The zero-order chi connectivity index (χ0) is 10.3. The van der Waals surface area contributed by atoms with Crippen LogP contribution in [0.5, 0.6) is 0 Å². The normalized spacial score (nSPS) is 11.9. The second-order valence-corrected chi connectivity index (χ2v) is 3.07. The van der Waals surface area contributed by atoms with Gasteiger partial charge in [0.2, 0.25) is 11.8 Å². The number of carbonyl (C=O) groups is 2. The van der Waals surface area contributed by atoms with E-state index in [1.54, 1.807) is 14.0 Å². The molecular formula is C9H18N2O2. The van der Waals surface area contributed by atoms with Crippen LogP contribution in [0.1, 0.15) is 26.7 Å². The van der Waals surface area contributed by atoms with Gasteiger partial charge in [-0.15, -0.1) is 0 Å².